The summed E-state index contributed by atoms with van der Waals surface area (Å²) < 4.78 is 2.42. The molecule has 0 aromatic rings. The molecule has 0 radical (unpaired) electrons. The lowest BCUT2D eigenvalue weighted by molar-refractivity contribution is 0.0790. The Morgan fingerprint density at radius 2 is 1.64 bits per heavy atom. The first-order chi connectivity index (χ1) is 4.96. The molecule has 1 saturated heterocycles. The Morgan fingerprint density at radius 1 is 1.00 bits per heavy atom. The Labute approximate surface area is 85.9 Å². The smallest absolute Gasteiger partial charge is 0.251 e. The van der Waals surface area contributed by atoms with Gasteiger partial charge in [0.25, 0.3) is 4.52 Å². The Balaban J connectivity index is 2.72. The van der Waals surface area contributed by atoms with Gasteiger partial charge in [-0.05, 0) is 19.3 Å². The molecule has 1 fully saturated rings. The largest absolute Gasteiger partial charge is 0.344 e. The van der Waals surface area contributed by atoms with Crippen LogP contribution in [0.2, 0.25) is 0 Å². The van der Waals surface area contributed by atoms with Gasteiger partial charge in [0, 0.05) is 0 Å². The minimum Gasteiger partial charge on any atom is -0.344 e. The van der Waals surface area contributed by atoms with Crippen molar-refractivity contribution in [3.63, 3.8) is 0 Å². The number of hydrogen-bond donors (Lipinski definition) is 0. The van der Waals surface area contributed by atoms with Crippen LogP contribution >= 0.6 is 46.4 Å². The molecule has 1 aliphatic heterocycles. The molecule has 0 amide bonds. The molecule has 0 bridgehead atoms. The molecule has 11 heavy (non-hydrogen) atoms. The molecule has 0 aliphatic carbocycles. The van der Waals surface area contributed by atoms with Crippen molar-refractivity contribution >= 4 is 46.4 Å². The highest BCUT2D eigenvalue weighted by atomic mass is 35.5. The van der Waals surface area contributed by atoms with Crippen LogP contribution in [0.5, 0.6) is 0 Å². The Hall–Kier alpha value is 1.12. The molecule has 66 valence electrons. The topological polar surface area (TPSA) is 9.23 Å². The lowest BCUT2D eigenvalue weighted by Gasteiger charge is -2.29. The van der Waals surface area contributed by atoms with Gasteiger partial charge in [0.2, 0.25) is 0 Å². The molecule has 0 N–H and O–H groups in total. The molecule has 5 heteroatoms. The van der Waals surface area contributed by atoms with Gasteiger partial charge in [-0.3, -0.25) is 0 Å². The molecule has 1 heterocycles. The fourth-order valence-electron chi connectivity index (χ4n) is 0.901. The summed E-state index contributed by atoms with van der Waals surface area (Å²) >= 11 is 23.2. The van der Waals surface area contributed by atoms with Crippen molar-refractivity contribution in [2.45, 2.75) is 28.1 Å². The van der Waals surface area contributed by atoms with Gasteiger partial charge in [-0.2, -0.15) is 0 Å². The zero-order chi connectivity index (χ0) is 8.54. The Kier molecular flexibility index (Phi) is 3.22. The maximum Gasteiger partial charge on any atom is 0.251 e. The van der Waals surface area contributed by atoms with E-state index in [0.29, 0.717) is 13.0 Å². The van der Waals surface area contributed by atoms with Gasteiger partial charge in [0.15, 0.2) is 4.33 Å². The third-order valence-electron chi connectivity index (χ3n) is 1.59. The second kappa shape index (κ2) is 3.47. The molecule has 0 spiro atoms. The van der Waals surface area contributed by atoms with Crippen molar-refractivity contribution in [1.29, 1.82) is 0 Å². The van der Waals surface area contributed by atoms with Crippen molar-refractivity contribution in [2.75, 3.05) is 6.61 Å². The minimum atomic E-state index is -1.47. The summed E-state index contributed by atoms with van der Waals surface area (Å²) in [5.74, 6) is 0. The second-order valence-corrected chi connectivity index (χ2v) is 5.27. The highest BCUT2D eigenvalue weighted by Crippen LogP contribution is 2.48. The first kappa shape index (κ1) is 10.2. The lowest BCUT2D eigenvalue weighted by Crippen LogP contribution is -2.37. The maximum atomic E-state index is 5.84. The summed E-state index contributed by atoms with van der Waals surface area (Å²) in [6.45, 7) is 0.508. The quantitative estimate of drug-likeness (QED) is 0.587. The van der Waals surface area contributed by atoms with Gasteiger partial charge in [-0.25, -0.2) is 0 Å². The van der Waals surface area contributed by atoms with E-state index in [2.05, 4.69) is 0 Å². The molecule has 1 nitrogen and oxygen atoms in total. The van der Waals surface area contributed by atoms with Crippen LogP contribution in [0.25, 0.3) is 0 Å². The van der Waals surface area contributed by atoms with Crippen LogP contribution in [0.3, 0.4) is 0 Å². The van der Waals surface area contributed by atoms with E-state index in [9.17, 15) is 0 Å². The van der Waals surface area contributed by atoms with Gasteiger partial charge in [-0.1, -0.05) is 46.4 Å². The van der Waals surface area contributed by atoms with E-state index in [1.54, 1.807) is 0 Å². The van der Waals surface area contributed by atoms with Crippen LogP contribution < -0.4 is 0 Å². The van der Waals surface area contributed by atoms with Gasteiger partial charge >= 0.3 is 0 Å². The summed E-state index contributed by atoms with van der Waals surface area (Å²) in [5.41, 5.74) is 0. The average Bonchev–Trinajstić information content (AvgIpc) is 1.94. The molecule has 0 atom stereocenters. The number of rotatable bonds is 0. The molecule has 0 aromatic heterocycles. The predicted octanol–water partition coefficient (Wildman–Crippen LogP) is 3.49. The van der Waals surface area contributed by atoms with E-state index >= 15 is 0 Å². The maximum absolute atomic E-state index is 5.84. The molecule has 1 aliphatic rings. The van der Waals surface area contributed by atoms with E-state index in [1.807, 2.05) is 0 Å². The van der Waals surface area contributed by atoms with Crippen molar-refractivity contribution in [1.82, 2.24) is 0 Å². The van der Waals surface area contributed by atoms with Crippen LogP contribution in [0.1, 0.15) is 19.3 Å². The van der Waals surface area contributed by atoms with Crippen molar-refractivity contribution in [3.05, 3.63) is 0 Å². The van der Waals surface area contributed by atoms with Crippen LogP contribution in [0.15, 0.2) is 0 Å². The fraction of sp³-hybridized carbons (Fsp3) is 1.00. The van der Waals surface area contributed by atoms with E-state index in [-0.39, 0.29) is 0 Å². The first-order valence-corrected chi connectivity index (χ1v) is 4.86. The highest BCUT2D eigenvalue weighted by Gasteiger charge is 2.49. The minimum absolute atomic E-state index is 0.508. The van der Waals surface area contributed by atoms with Gasteiger partial charge in [0.1, 0.15) is 0 Å². The van der Waals surface area contributed by atoms with Gasteiger partial charge in [-0.15, -0.1) is 0 Å². The molecular weight excluding hydrogens is 230 g/mol. The van der Waals surface area contributed by atoms with Crippen molar-refractivity contribution in [2.24, 2.45) is 0 Å². The summed E-state index contributed by atoms with van der Waals surface area (Å²) in [5, 5.41) is 0. The van der Waals surface area contributed by atoms with Crippen molar-refractivity contribution < 1.29 is 4.74 Å². The first-order valence-electron chi connectivity index (χ1n) is 3.35. The number of hydrogen-bond acceptors (Lipinski definition) is 1. The third kappa shape index (κ3) is 2.28. The van der Waals surface area contributed by atoms with Crippen molar-refractivity contribution in [3.8, 4) is 0 Å². The number of alkyl halides is 4. The highest BCUT2D eigenvalue weighted by molar-refractivity contribution is 6.61. The Morgan fingerprint density at radius 3 is 2.27 bits per heavy atom. The molecule has 1 rings (SSSR count). The molecule has 0 saturated carbocycles. The van der Waals surface area contributed by atoms with Crippen LogP contribution in [0.4, 0.5) is 0 Å². The zero-order valence-electron chi connectivity index (χ0n) is 5.75. The van der Waals surface area contributed by atoms with E-state index in [1.165, 1.54) is 0 Å². The van der Waals surface area contributed by atoms with Gasteiger partial charge < -0.3 is 4.74 Å². The Bertz CT molecular complexity index is 130. The monoisotopic (exact) mass is 236 g/mol. The summed E-state index contributed by atoms with van der Waals surface area (Å²) in [4.78, 5) is 0. The van der Waals surface area contributed by atoms with E-state index in [4.69, 9.17) is 51.1 Å². The summed E-state index contributed by atoms with van der Waals surface area (Å²) in [6.07, 6.45) is 2.33. The van der Waals surface area contributed by atoms with Crippen LogP contribution in [-0.4, -0.2) is 15.5 Å². The van der Waals surface area contributed by atoms with Crippen LogP contribution in [0, 0.1) is 0 Å². The molecule has 0 unspecified atom stereocenters. The second-order valence-electron chi connectivity index (χ2n) is 2.53. The third-order valence-corrected chi connectivity index (χ3v) is 3.75. The van der Waals surface area contributed by atoms with E-state index < -0.39 is 8.85 Å². The number of ether oxygens (including phenoxy) is 1. The van der Waals surface area contributed by atoms with E-state index in [0.717, 1.165) is 12.8 Å². The predicted molar refractivity (Wildman–Crippen MR) is 48.7 cm³/mol. The lowest BCUT2D eigenvalue weighted by atomic mass is 10.2. The molecular formula is C6H8Cl4O. The van der Waals surface area contributed by atoms with Gasteiger partial charge in [0.05, 0.1) is 6.61 Å². The SMILES string of the molecule is ClC1(Cl)CCCCOC1(Cl)Cl. The summed E-state index contributed by atoms with van der Waals surface area (Å²) in [7, 11) is 0. The molecule has 0 aromatic carbocycles. The summed E-state index contributed by atoms with van der Waals surface area (Å²) in [6, 6.07) is 0. The average molecular weight is 238 g/mol. The fourth-order valence-corrected chi connectivity index (χ4v) is 1.62. The standard InChI is InChI=1S/C6H8Cl4O/c7-5(8)3-1-2-4-11-6(5,9)10/h1-4H2. The normalized spacial score (nSPS) is 29.5. The van der Waals surface area contributed by atoms with Crippen LogP contribution in [-0.2, 0) is 4.74 Å². The number of halogens is 4. The zero-order valence-corrected chi connectivity index (χ0v) is 8.77.